The smallest absolute Gasteiger partial charge is 0.327 e. The van der Waals surface area contributed by atoms with Crippen LogP contribution in [-0.4, -0.2) is 116 Å². The van der Waals surface area contributed by atoms with Crippen molar-refractivity contribution in [3.63, 3.8) is 0 Å². The molecule has 4 aliphatic rings. The number of carbonyl (C=O) groups excluding carboxylic acids is 1. The Kier molecular flexibility index (Phi) is 20.3. The molecule has 498 valence electrons. The second kappa shape index (κ2) is 26.9. The number of amides is 1. The van der Waals surface area contributed by atoms with Crippen LogP contribution in [-0.2, 0) is 84.8 Å². The number of aryl methyl sites for hydroxylation is 1. The summed E-state index contributed by atoms with van der Waals surface area (Å²) in [6.07, 6.45) is 18.0. The Morgan fingerprint density at radius 3 is 1.91 bits per heavy atom. The minimum absolute atomic E-state index is 0.0424. The molecular formula is C68H84N6O15S4+2. The molecule has 0 fully saturated rings. The van der Waals surface area contributed by atoms with E-state index in [0.717, 1.165) is 62.1 Å². The predicted octanol–water partition coefficient (Wildman–Crippen LogP) is 10.9. The Bertz CT molecular complexity index is 4490. The molecule has 21 nitrogen and oxygen atoms in total. The molecule has 25 heteroatoms. The summed E-state index contributed by atoms with van der Waals surface area (Å²) in [7, 11) is -17.5. The van der Waals surface area contributed by atoms with Crippen molar-refractivity contribution in [2.45, 2.75) is 164 Å². The Morgan fingerprint density at radius 1 is 0.581 bits per heavy atom. The molecular weight excluding hydrogens is 1270 g/mol. The number of nitrogens with zero attached hydrogens (tertiary/aromatic N) is 5. The molecule has 5 aromatic rings. The highest BCUT2D eigenvalue weighted by Crippen LogP contribution is 2.52. The number of aliphatic carboxylic acids is 1. The number of pyridine rings is 1. The molecule has 0 unspecified atom stereocenters. The maximum atomic E-state index is 13.6. The van der Waals surface area contributed by atoms with E-state index >= 15 is 0 Å². The van der Waals surface area contributed by atoms with Crippen molar-refractivity contribution in [2.75, 3.05) is 40.9 Å². The zero-order valence-corrected chi connectivity index (χ0v) is 57.0. The predicted molar refractivity (Wildman–Crippen MR) is 360 cm³/mol. The molecule has 0 spiro atoms. The average Bonchev–Trinajstić information content (AvgIpc) is 1.61. The normalized spacial score (nSPS) is 18.1. The lowest BCUT2D eigenvalue weighted by Crippen LogP contribution is -2.35. The van der Waals surface area contributed by atoms with Crippen molar-refractivity contribution in [2.24, 2.45) is 4.99 Å². The van der Waals surface area contributed by atoms with Crippen molar-refractivity contribution < 1.29 is 75.7 Å². The van der Waals surface area contributed by atoms with Gasteiger partial charge in [0, 0.05) is 102 Å². The minimum atomic E-state index is -4.55. The maximum absolute atomic E-state index is 13.6. The van der Waals surface area contributed by atoms with Crippen LogP contribution in [0.5, 0.6) is 0 Å². The molecule has 9 rings (SSSR count). The Morgan fingerprint density at radius 2 is 1.23 bits per heavy atom. The fraction of sp³-hybridized carbons (Fsp3) is 0.426. The summed E-state index contributed by atoms with van der Waals surface area (Å²) in [5.74, 6) is -1.13. The van der Waals surface area contributed by atoms with Gasteiger partial charge in [0.1, 0.15) is 11.4 Å². The number of anilines is 2. The summed E-state index contributed by atoms with van der Waals surface area (Å²) < 4.78 is 140. The van der Waals surface area contributed by atoms with Crippen LogP contribution in [0.25, 0.3) is 10.8 Å². The van der Waals surface area contributed by atoms with Gasteiger partial charge in [-0.3, -0.25) is 27.8 Å². The van der Waals surface area contributed by atoms with Gasteiger partial charge in [-0.15, -0.1) is 0 Å². The molecule has 4 aromatic carbocycles. The monoisotopic (exact) mass is 1350 g/mol. The number of aromatic nitrogens is 1. The third-order valence-electron chi connectivity index (χ3n) is 18.5. The molecule has 0 bridgehead atoms. The van der Waals surface area contributed by atoms with Gasteiger partial charge in [-0.1, -0.05) is 76.6 Å². The minimum Gasteiger partial charge on any atom is -0.481 e. The summed E-state index contributed by atoms with van der Waals surface area (Å²) in [6.45, 7) is 18.3. The first-order valence-corrected chi connectivity index (χ1v) is 37.3. The lowest BCUT2D eigenvalue weighted by molar-refractivity contribution is -0.684. The summed E-state index contributed by atoms with van der Waals surface area (Å²) in [5, 5.41) is 13.4. The van der Waals surface area contributed by atoms with Crippen LogP contribution in [0, 0.1) is 0 Å². The molecule has 0 atom stereocenters. The van der Waals surface area contributed by atoms with Gasteiger partial charge < -0.3 is 20.2 Å². The Balaban J connectivity index is 0.899. The number of carboxylic acid groups (broad SMARTS) is 1. The van der Waals surface area contributed by atoms with Crippen molar-refractivity contribution in [3.8, 4) is 0 Å². The van der Waals surface area contributed by atoms with E-state index < -0.39 is 73.9 Å². The van der Waals surface area contributed by atoms with Gasteiger partial charge >= 0.3 is 11.8 Å². The molecule has 1 aromatic heterocycles. The van der Waals surface area contributed by atoms with Crippen molar-refractivity contribution in [1.82, 2.24) is 5.32 Å². The van der Waals surface area contributed by atoms with Crippen molar-refractivity contribution >= 4 is 97.4 Å². The van der Waals surface area contributed by atoms with Crippen molar-refractivity contribution in [1.29, 1.82) is 0 Å². The molecule has 5 heterocycles. The Hall–Kier alpha value is -7.23. The molecule has 0 radical (unpaired) electrons. The molecule has 0 saturated carbocycles. The number of aliphatic imine (C=N–C) groups is 1. The van der Waals surface area contributed by atoms with Crippen LogP contribution in [0.1, 0.15) is 147 Å². The second-order valence-electron chi connectivity index (χ2n) is 26.5. The third kappa shape index (κ3) is 15.3. The highest BCUT2D eigenvalue weighted by atomic mass is 32.2. The van der Waals surface area contributed by atoms with E-state index in [4.69, 9.17) is 4.99 Å². The summed E-state index contributed by atoms with van der Waals surface area (Å²) in [6, 6.07) is 22.8. The molecule has 0 saturated heterocycles. The summed E-state index contributed by atoms with van der Waals surface area (Å²) in [4.78, 5) is 33.7. The molecule has 93 heavy (non-hydrogen) atoms. The SMILES string of the molecule is CC1(C)C(=CC=CC2=[N+](CCCCCC(=O)O)c3ccc(S(=O)(=O)O)cc3C2(C)C)N(CCCS(=O)(=O)O)c2ccc(CNC(=O)CCCCCN3/C(=C/C=C/C4=Nc5c(ccc[n+]5CCCS(=O)(=O)O)C4(C)C)C(C)(C)c4c3ccc3c(S(=O)(=O)O)cccc43)cc21. The first-order chi connectivity index (χ1) is 43.4. The lowest BCUT2D eigenvalue weighted by atomic mass is 9.80. The van der Waals surface area contributed by atoms with Crippen LogP contribution in [0.3, 0.4) is 0 Å². The number of hydrogen-bond donors (Lipinski definition) is 6. The number of allylic oxidation sites excluding steroid dienone is 8. The maximum Gasteiger partial charge on any atom is 0.327 e. The highest BCUT2D eigenvalue weighted by Gasteiger charge is 2.47. The van der Waals surface area contributed by atoms with Gasteiger partial charge in [0.2, 0.25) is 11.6 Å². The topological polar surface area (TPSA) is 310 Å². The molecule has 1 amide bonds. The van der Waals surface area contributed by atoms with Crippen LogP contribution < -0.4 is 19.7 Å². The number of fused-ring (bicyclic) bond motifs is 6. The van der Waals surface area contributed by atoms with E-state index in [2.05, 4.69) is 56.3 Å². The third-order valence-corrected chi connectivity index (χ3v) is 21.8. The number of rotatable bonds is 28. The fourth-order valence-electron chi connectivity index (χ4n) is 13.7. The van der Waals surface area contributed by atoms with Crippen LogP contribution in [0.2, 0.25) is 0 Å². The van der Waals surface area contributed by atoms with E-state index in [1.165, 1.54) is 18.2 Å². The van der Waals surface area contributed by atoms with Gasteiger partial charge in [-0.25, -0.2) is 4.57 Å². The fourth-order valence-corrected chi connectivity index (χ4v) is 15.9. The first-order valence-electron chi connectivity index (χ1n) is 31.2. The highest BCUT2D eigenvalue weighted by molar-refractivity contribution is 7.86. The van der Waals surface area contributed by atoms with E-state index in [9.17, 15) is 66.6 Å². The largest absolute Gasteiger partial charge is 0.481 e. The van der Waals surface area contributed by atoms with Gasteiger partial charge in [-0.05, 0) is 148 Å². The lowest BCUT2D eigenvalue weighted by Gasteiger charge is -2.27. The van der Waals surface area contributed by atoms with Gasteiger partial charge in [-0.2, -0.15) is 38.2 Å². The quantitative estimate of drug-likeness (QED) is 0.0154. The van der Waals surface area contributed by atoms with Crippen LogP contribution in [0.4, 0.5) is 22.9 Å². The standard InChI is InChI=1S/C68H82N6O15S4/c1-65(2)50-22-18-36-71(37-19-41-90(78,79)80)64(50)70-57(65)24-16-25-60-68(7,8)63-49-21-15-23-56(93(87,88)89)48(49)32-35-55(63)74(60)39-13-9-11-28-61(75)69-45-46-30-33-53-51(43-46)66(3,4)58(73(53)40-20-42-91(81,82)83)26-17-27-59-67(5,6)52-44-47(92(84,85)86)31-34-54(52)72(59)38-14-10-12-29-62(76)77/h15-18,21-27,30-36,43-44H,9-14,19-20,28-29,37-42,45H2,1-8H3,(H4-2,69,75,76,77,78,79,80,81,82,83,84,85,86,87,88,89)/p+2. The number of carboxylic acids is 1. The molecule has 0 aliphatic carbocycles. The molecule has 6 N–H and O–H groups in total. The Labute approximate surface area is 546 Å². The van der Waals surface area contributed by atoms with Crippen molar-refractivity contribution in [3.05, 3.63) is 161 Å². The summed E-state index contributed by atoms with van der Waals surface area (Å²) >= 11 is 0. The van der Waals surface area contributed by atoms with E-state index in [1.807, 2.05) is 108 Å². The van der Waals surface area contributed by atoms with Gasteiger partial charge in [0.05, 0.1) is 45.5 Å². The van der Waals surface area contributed by atoms with Crippen LogP contribution in [0.15, 0.2) is 148 Å². The van der Waals surface area contributed by atoms with Crippen LogP contribution >= 0.6 is 0 Å². The summed E-state index contributed by atoms with van der Waals surface area (Å²) in [5.41, 5.74) is 7.69. The second-order valence-corrected chi connectivity index (χ2v) is 32.4. The van der Waals surface area contributed by atoms with Gasteiger partial charge in [0.15, 0.2) is 11.4 Å². The van der Waals surface area contributed by atoms with E-state index in [0.29, 0.717) is 80.3 Å². The molecule has 4 aliphatic heterocycles. The number of nitrogens with one attached hydrogen (secondary N) is 1. The van der Waals surface area contributed by atoms with Gasteiger partial charge in [0.25, 0.3) is 40.5 Å². The number of unbranched alkanes of at least 4 members (excludes halogenated alkanes) is 4. The zero-order chi connectivity index (χ0) is 67.9. The number of benzene rings is 4. The average molecular weight is 1350 g/mol. The number of carbonyl (C=O) groups is 2. The van der Waals surface area contributed by atoms with E-state index in [-0.39, 0.29) is 60.2 Å². The van der Waals surface area contributed by atoms with E-state index in [1.54, 1.807) is 18.2 Å². The first kappa shape index (κ1) is 70.1. The number of hydrogen-bond acceptors (Lipinski definition) is 13. The zero-order valence-electron chi connectivity index (χ0n) is 53.8.